The molecule has 2 aliphatic carbocycles. The summed E-state index contributed by atoms with van der Waals surface area (Å²) in [5.74, 6) is 3.13. The number of methoxy groups -OCH3 is 1. The van der Waals surface area contributed by atoms with Crippen LogP contribution < -0.4 is 4.90 Å². The first kappa shape index (κ1) is 13.0. The summed E-state index contributed by atoms with van der Waals surface area (Å²) >= 11 is 0. The van der Waals surface area contributed by atoms with Gasteiger partial charge in [0.25, 0.3) is 0 Å². The van der Waals surface area contributed by atoms with Crippen LogP contribution in [0, 0.1) is 17.8 Å². The van der Waals surface area contributed by atoms with E-state index in [2.05, 4.69) is 19.8 Å². The average molecular weight is 287 g/mol. The third kappa shape index (κ3) is 2.28. The van der Waals surface area contributed by atoms with E-state index < -0.39 is 5.97 Å². The second kappa shape index (κ2) is 4.97. The normalized spacial score (nSPS) is 33.9. The highest BCUT2D eigenvalue weighted by molar-refractivity contribution is 5.86. The van der Waals surface area contributed by atoms with Crippen LogP contribution in [0.2, 0.25) is 0 Å². The molecule has 1 aromatic rings. The predicted molar refractivity (Wildman–Crippen MR) is 78.1 cm³/mol. The smallest absolute Gasteiger partial charge is 0.358 e. The van der Waals surface area contributed by atoms with E-state index in [-0.39, 0.29) is 5.69 Å². The summed E-state index contributed by atoms with van der Waals surface area (Å²) in [6.45, 7) is 1.10. The fourth-order valence-electron chi connectivity index (χ4n) is 4.76. The van der Waals surface area contributed by atoms with Gasteiger partial charge in [0.05, 0.1) is 7.11 Å². The van der Waals surface area contributed by atoms with E-state index in [1.807, 2.05) is 6.07 Å². The summed E-state index contributed by atoms with van der Waals surface area (Å²) in [6, 6.07) is 4.26. The van der Waals surface area contributed by atoms with Crippen molar-refractivity contribution in [3.63, 3.8) is 0 Å². The van der Waals surface area contributed by atoms with Gasteiger partial charge < -0.3 is 9.64 Å². The van der Waals surface area contributed by atoms with Crippen molar-refractivity contribution in [2.75, 3.05) is 18.6 Å². The minimum absolute atomic E-state index is 0.280. The summed E-state index contributed by atoms with van der Waals surface area (Å²) in [6.07, 6.45) is 6.81. The fourth-order valence-corrected chi connectivity index (χ4v) is 4.76. The molecule has 4 bridgehead atoms. The maximum absolute atomic E-state index is 11.4. The van der Waals surface area contributed by atoms with E-state index in [9.17, 15) is 4.79 Å². The first-order valence-corrected chi connectivity index (χ1v) is 7.91. The van der Waals surface area contributed by atoms with Crippen LogP contribution in [0.25, 0.3) is 0 Å². The SMILES string of the molecule is COC(=O)c1ccc(N2CC3CC4CC(C3)CC2C4)nn1. The highest BCUT2D eigenvalue weighted by Gasteiger charge is 2.43. The third-order valence-corrected chi connectivity index (χ3v) is 5.45. The Labute approximate surface area is 124 Å². The molecule has 4 aliphatic rings. The Morgan fingerprint density at radius 3 is 2.43 bits per heavy atom. The van der Waals surface area contributed by atoms with E-state index in [4.69, 9.17) is 0 Å². The molecule has 5 rings (SSSR count). The molecule has 5 heteroatoms. The molecule has 21 heavy (non-hydrogen) atoms. The van der Waals surface area contributed by atoms with Crippen molar-refractivity contribution >= 4 is 11.8 Å². The monoisotopic (exact) mass is 287 g/mol. The molecule has 112 valence electrons. The van der Waals surface area contributed by atoms with Crippen LogP contribution in [-0.4, -0.2) is 35.9 Å². The number of carbonyl (C=O) groups is 1. The lowest BCUT2D eigenvalue weighted by Gasteiger charge is -2.39. The van der Waals surface area contributed by atoms with Gasteiger partial charge in [0.2, 0.25) is 0 Å². The highest BCUT2D eigenvalue weighted by atomic mass is 16.5. The molecule has 3 heterocycles. The van der Waals surface area contributed by atoms with Gasteiger partial charge in [-0.3, -0.25) is 0 Å². The third-order valence-electron chi connectivity index (χ3n) is 5.45. The number of fused-ring (bicyclic) bond motifs is 1. The molecule has 2 atom stereocenters. The molecule has 5 nitrogen and oxygen atoms in total. The van der Waals surface area contributed by atoms with Gasteiger partial charge >= 0.3 is 5.97 Å². The minimum atomic E-state index is -0.426. The zero-order chi connectivity index (χ0) is 14.4. The van der Waals surface area contributed by atoms with Crippen LogP contribution in [0.5, 0.6) is 0 Å². The zero-order valence-electron chi connectivity index (χ0n) is 12.4. The molecule has 2 saturated carbocycles. The molecule has 0 aromatic carbocycles. The van der Waals surface area contributed by atoms with Crippen molar-refractivity contribution in [2.24, 2.45) is 17.8 Å². The Morgan fingerprint density at radius 2 is 1.81 bits per heavy atom. The lowest BCUT2D eigenvalue weighted by molar-refractivity contribution is 0.0592. The summed E-state index contributed by atoms with van der Waals surface area (Å²) in [4.78, 5) is 13.9. The van der Waals surface area contributed by atoms with E-state index in [0.717, 1.165) is 30.1 Å². The number of esters is 1. The number of hydrogen-bond donors (Lipinski definition) is 0. The summed E-state index contributed by atoms with van der Waals surface area (Å²) in [7, 11) is 1.36. The lowest BCUT2D eigenvalue weighted by atomic mass is 9.68. The molecular formula is C16H21N3O2. The quantitative estimate of drug-likeness (QED) is 0.781. The zero-order valence-corrected chi connectivity index (χ0v) is 12.4. The van der Waals surface area contributed by atoms with Crippen molar-refractivity contribution in [3.05, 3.63) is 17.8 Å². The van der Waals surface area contributed by atoms with Crippen LogP contribution >= 0.6 is 0 Å². The maximum Gasteiger partial charge on any atom is 0.358 e. The minimum Gasteiger partial charge on any atom is -0.464 e. The Balaban J connectivity index is 1.59. The van der Waals surface area contributed by atoms with Gasteiger partial charge in [0, 0.05) is 12.6 Å². The number of ether oxygens (including phenoxy) is 1. The van der Waals surface area contributed by atoms with Gasteiger partial charge in [-0.25, -0.2) is 4.79 Å². The summed E-state index contributed by atoms with van der Waals surface area (Å²) in [5, 5.41) is 8.32. The van der Waals surface area contributed by atoms with Crippen LogP contribution in [0.15, 0.2) is 12.1 Å². The molecule has 0 amide bonds. The average Bonchev–Trinajstić information content (AvgIpc) is 2.70. The lowest BCUT2D eigenvalue weighted by Crippen LogP contribution is -2.38. The van der Waals surface area contributed by atoms with Gasteiger partial charge in [-0.2, -0.15) is 0 Å². The summed E-state index contributed by atoms with van der Waals surface area (Å²) in [5.41, 5.74) is 0.280. The highest BCUT2D eigenvalue weighted by Crippen LogP contribution is 2.48. The largest absolute Gasteiger partial charge is 0.464 e. The fraction of sp³-hybridized carbons (Fsp3) is 0.688. The van der Waals surface area contributed by atoms with Crippen molar-refractivity contribution in [3.8, 4) is 0 Å². The standard InChI is InChI=1S/C16H21N3O2/c1-21-16(20)14-2-3-15(18-17-14)19-9-12-5-10-4-11(6-12)8-13(19)7-10/h2-3,10-13H,4-9H2,1H3. The van der Waals surface area contributed by atoms with Gasteiger partial charge in [-0.1, -0.05) is 0 Å². The van der Waals surface area contributed by atoms with Crippen molar-refractivity contribution in [2.45, 2.75) is 38.1 Å². The maximum atomic E-state index is 11.4. The van der Waals surface area contributed by atoms with Gasteiger partial charge in [-0.05, 0) is 62.0 Å². The first-order valence-electron chi connectivity index (χ1n) is 7.91. The second-order valence-electron chi connectivity index (χ2n) is 6.85. The van der Waals surface area contributed by atoms with E-state index in [1.165, 1.54) is 39.2 Å². The van der Waals surface area contributed by atoms with Gasteiger partial charge in [0.1, 0.15) is 0 Å². The molecular weight excluding hydrogens is 266 g/mol. The molecule has 2 unspecified atom stereocenters. The van der Waals surface area contributed by atoms with Crippen LogP contribution in [0.4, 0.5) is 5.82 Å². The number of carbonyl (C=O) groups excluding carboxylic acids is 1. The first-order chi connectivity index (χ1) is 10.2. The van der Waals surface area contributed by atoms with Gasteiger partial charge in [-0.15, -0.1) is 10.2 Å². The number of rotatable bonds is 2. The number of anilines is 1. The molecule has 2 aliphatic heterocycles. The molecule has 1 aromatic heterocycles. The summed E-state index contributed by atoms with van der Waals surface area (Å²) < 4.78 is 4.68. The second-order valence-corrected chi connectivity index (χ2v) is 6.85. The van der Waals surface area contributed by atoms with Crippen LogP contribution in [0.3, 0.4) is 0 Å². The number of aromatic nitrogens is 2. The van der Waals surface area contributed by atoms with Crippen LogP contribution in [0.1, 0.15) is 42.6 Å². The molecule has 0 N–H and O–H groups in total. The predicted octanol–water partition coefficient (Wildman–Crippen LogP) is 2.28. The van der Waals surface area contributed by atoms with Crippen molar-refractivity contribution in [1.29, 1.82) is 0 Å². The van der Waals surface area contributed by atoms with E-state index in [1.54, 1.807) is 6.07 Å². The van der Waals surface area contributed by atoms with E-state index in [0.29, 0.717) is 6.04 Å². The number of hydrogen-bond acceptors (Lipinski definition) is 5. The number of nitrogens with zero attached hydrogens (tertiary/aromatic N) is 3. The topological polar surface area (TPSA) is 55.3 Å². The Hall–Kier alpha value is -1.65. The van der Waals surface area contributed by atoms with E-state index >= 15 is 0 Å². The Kier molecular flexibility index (Phi) is 3.08. The van der Waals surface area contributed by atoms with Crippen molar-refractivity contribution < 1.29 is 9.53 Å². The molecule has 0 radical (unpaired) electrons. The molecule has 2 saturated heterocycles. The Morgan fingerprint density at radius 1 is 1.10 bits per heavy atom. The Bertz CT molecular complexity index is 531. The molecule has 0 spiro atoms. The van der Waals surface area contributed by atoms with Gasteiger partial charge in [0.15, 0.2) is 11.5 Å². The van der Waals surface area contributed by atoms with Crippen molar-refractivity contribution in [1.82, 2.24) is 10.2 Å². The molecule has 4 fully saturated rings. The van der Waals surface area contributed by atoms with Crippen LogP contribution in [-0.2, 0) is 4.74 Å².